The van der Waals surface area contributed by atoms with Gasteiger partial charge in [-0.05, 0) is 88.7 Å². The molecule has 2 unspecified atom stereocenters. The van der Waals surface area contributed by atoms with Crippen LogP contribution in [-0.2, 0) is 6.42 Å². The first-order valence-corrected chi connectivity index (χ1v) is 14.0. The fourth-order valence-electron chi connectivity index (χ4n) is 4.81. The summed E-state index contributed by atoms with van der Waals surface area (Å²) in [6.07, 6.45) is 14.8. The van der Waals surface area contributed by atoms with Gasteiger partial charge in [0.25, 0.3) is 0 Å². The molecule has 3 nitrogen and oxygen atoms in total. The molecule has 0 spiro atoms. The van der Waals surface area contributed by atoms with Gasteiger partial charge >= 0.3 is 0 Å². The summed E-state index contributed by atoms with van der Waals surface area (Å²) in [6, 6.07) is 14.3. The molecule has 3 fully saturated rings. The molecule has 3 heteroatoms. The van der Waals surface area contributed by atoms with Crippen LogP contribution in [0.5, 0.6) is 0 Å². The van der Waals surface area contributed by atoms with Crippen molar-refractivity contribution < 1.29 is 0 Å². The van der Waals surface area contributed by atoms with E-state index in [1.165, 1.54) is 82.9 Å². The second kappa shape index (κ2) is 16.3. The molecule has 0 amide bonds. The van der Waals surface area contributed by atoms with Crippen LogP contribution in [0.15, 0.2) is 30.3 Å². The summed E-state index contributed by atoms with van der Waals surface area (Å²) in [5.41, 5.74) is 1.49. The molecule has 33 heavy (non-hydrogen) atoms. The Kier molecular flexibility index (Phi) is 13.8. The van der Waals surface area contributed by atoms with Gasteiger partial charge in [0, 0.05) is 25.2 Å². The van der Waals surface area contributed by atoms with Crippen LogP contribution >= 0.6 is 0 Å². The number of hydrogen-bond acceptors (Lipinski definition) is 3. The lowest BCUT2D eigenvalue weighted by atomic mass is 9.82. The fourth-order valence-corrected chi connectivity index (χ4v) is 4.81. The van der Waals surface area contributed by atoms with Crippen molar-refractivity contribution in [2.75, 3.05) is 19.6 Å². The van der Waals surface area contributed by atoms with E-state index in [0.717, 1.165) is 24.3 Å². The Morgan fingerprint density at radius 1 is 0.879 bits per heavy atom. The molecule has 0 bridgehead atoms. The number of benzene rings is 1. The van der Waals surface area contributed by atoms with Gasteiger partial charge in [0.05, 0.1) is 12.5 Å². The first-order valence-electron chi connectivity index (χ1n) is 14.0. The number of nitrogens with zero attached hydrogens (tertiary/aromatic N) is 2. The van der Waals surface area contributed by atoms with Crippen LogP contribution < -0.4 is 5.32 Å². The Hall–Kier alpha value is -1.37. The zero-order valence-corrected chi connectivity index (χ0v) is 22.1. The van der Waals surface area contributed by atoms with Gasteiger partial charge in [0.2, 0.25) is 0 Å². The highest BCUT2D eigenvalue weighted by atomic mass is 15.2. The average molecular weight is 454 g/mol. The summed E-state index contributed by atoms with van der Waals surface area (Å²) in [4.78, 5) is 2.81. The van der Waals surface area contributed by atoms with E-state index in [4.69, 9.17) is 5.26 Å². The molecule has 2 atom stereocenters. The van der Waals surface area contributed by atoms with E-state index in [9.17, 15) is 0 Å². The van der Waals surface area contributed by atoms with Crippen molar-refractivity contribution in [1.82, 2.24) is 10.2 Å². The molecule has 4 rings (SSSR count). The molecule has 0 heterocycles. The smallest absolute Gasteiger partial charge is 0.0638 e. The first-order chi connectivity index (χ1) is 16.1. The topological polar surface area (TPSA) is 39.1 Å². The predicted octanol–water partition coefficient (Wildman–Crippen LogP) is 7.22. The summed E-state index contributed by atoms with van der Waals surface area (Å²) in [5, 5.41) is 11.7. The highest BCUT2D eigenvalue weighted by Crippen LogP contribution is 2.32. The fraction of sp³-hybridized carbons (Fsp3) is 0.767. The van der Waals surface area contributed by atoms with E-state index in [-0.39, 0.29) is 0 Å². The zero-order chi connectivity index (χ0) is 23.9. The van der Waals surface area contributed by atoms with Crippen LogP contribution in [0.25, 0.3) is 0 Å². The van der Waals surface area contributed by atoms with Crippen molar-refractivity contribution in [2.24, 2.45) is 17.8 Å². The van der Waals surface area contributed by atoms with Crippen molar-refractivity contribution in [2.45, 2.75) is 110 Å². The summed E-state index contributed by atoms with van der Waals surface area (Å²) >= 11 is 0. The van der Waals surface area contributed by atoms with Crippen molar-refractivity contribution in [1.29, 1.82) is 5.26 Å². The molecule has 0 aromatic heterocycles. The lowest BCUT2D eigenvalue weighted by Gasteiger charge is -2.40. The quantitative estimate of drug-likeness (QED) is 0.384. The van der Waals surface area contributed by atoms with E-state index >= 15 is 0 Å². The van der Waals surface area contributed by atoms with E-state index in [1.807, 2.05) is 13.8 Å². The Morgan fingerprint density at radius 3 is 1.82 bits per heavy atom. The summed E-state index contributed by atoms with van der Waals surface area (Å²) in [6.45, 7) is 12.3. The summed E-state index contributed by atoms with van der Waals surface area (Å²) in [5.74, 6) is 2.89. The molecule has 3 aliphatic rings. The van der Waals surface area contributed by atoms with E-state index in [0.29, 0.717) is 18.5 Å². The van der Waals surface area contributed by atoms with Crippen LogP contribution in [0.4, 0.5) is 0 Å². The average Bonchev–Trinajstić information content (AvgIpc) is 2.73. The highest BCUT2D eigenvalue weighted by Gasteiger charge is 2.27. The minimum Gasteiger partial charge on any atom is -0.313 e. The Bertz CT molecular complexity index is 624. The molecule has 1 N–H and O–H groups in total. The maximum Gasteiger partial charge on any atom is 0.0638 e. The van der Waals surface area contributed by atoms with Crippen molar-refractivity contribution in [3.63, 3.8) is 0 Å². The predicted molar refractivity (Wildman–Crippen MR) is 142 cm³/mol. The van der Waals surface area contributed by atoms with Crippen molar-refractivity contribution >= 4 is 0 Å². The van der Waals surface area contributed by atoms with E-state index in [2.05, 4.69) is 60.5 Å². The van der Waals surface area contributed by atoms with Gasteiger partial charge in [-0.15, -0.1) is 0 Å². The van der Waals surface area contributed by atoms with Gasteiger partial charge in [-0.25, -0.2) is 0 Å². The van der Waals surface area contributed by atoms with Crippen LogP contribution in [0.3, 0.4) is 0 Å². The van der Waals surface area contributed by atoms with Crippen molar-refractivity contribution in [3.05, 3.63) is 35.9 Å². The molecule has 0 saturated heterocycles. The second-order valence-electron chi connectivity index (χ2n) is 10.6. The molecule has 3 saturated carbocycles. The van der Waals surface area contributed by atoms with Gasteiger partial charge in [0.15, 0.2) is 0 Å². The van der Waals surface area contributed by atoms with Gasteiger partial charge in [-0.1, -0.05) is 63.4 Å². The first kappa shape index (κ1) is 27.9. The number of rotatable bonds is 11. The van der Waals surface area contributed by atoms with Crippen LogP contribution in [0.1, 0.15) is 97.5 Å². The number of nitrogens with one attached hydrogen (secondary N) is 1. The maximum absolute atomic E-state index is 8.38. The third-order valence-electron chi connectivity index (χ3n) is 7.81. The second-order valence-corrected chi connectivity index (χ2v) is 10.6. The van der Waals surface area contributed by atoms with Crippen molar-refractivity contribution in [3.8, 4) is 6.07 Å². The molecular formula is C30H51N3. The number of hydrogen-bond donors (Lipinski definition) is 1. The molecular weight excluding hydrogens is 402 g/mol. The third kappa shape index (κ3) is 10.6. The van der Waals surface area contributed by atoms with Gasteiger partial charge < -0.3 is 5.32 Å². The molecule has 1 aromatic carbocycles. The van der Waals surface area contributed by atoms with Gasteiger partial charge in [0.1, 0.15) is 0 Å². The SMILES string of the molecule is CC.CC(CC#N)NCC1CCC1.CC(Cc1ccccc1)N(CC1CCC1)CC1CCC1. The Balaban J connectivity index is 0.000000252. The molecule has 1 aromatic rings. The zero-order valence-electron chi connectivity index (χ0n) is 22.1. The Morgan fingerprint density at radius 2 is 1.39 bits per heavy atom. The lowest BCUT2D eigenvalue weighted by Crippen LogP contribution is -2.43. The highest BCUT2D eigenvalue weighted by molar-refractivity contribution is 5.15. The van der Waals surface area contributed by atoms with Crippen LogP contribution in [0.2, 0.25) is 0 Å². The van der Waals surface area contributed by atoms with Crippen LogP contribution in [-0.4, -0.2) is 36.6 Å². The lowest BCUT2D eigenvalue weighted by molar-refractivity contribution is 0.0984. The summed E-state index contributed by atoms with van der Waals surface area (Å²) in [7, 11) is 0. The van der Waals surface area contributed by atoms with E-state index < -0.39 is 0 Å². The maximum atomic E-state index is 8.38. The molecule has 0 radical (unpaired) electrons. The minimum absolute atomic E-state index is 0.376. The normalized spacial score (nSPS) is 20.0. The van der Waals surface area contributed by atoms with Gasteiger partial charge in [-0.3, -0.25) is 4.90 Å². The van der Waals surface area contributed by atoms with Crippen LogP contribution in [0, 0.1) is 29.1 Å². The molecule has 0 aliphatic heterocycles. The van der Waals surface area contributed by atoms with E-state index in [1.54, 1.807) is 0 Å². The largest absolute Gasteiger partial charge is 0.313 e. The Labute approximate surface area is 205 Å². The monoisotopic (exact) mass is 453 g/mol. The molecule has 186 valence electrons. The van der Waals surface area contributed by atoms with Gasteiger partial charge in [-0.2, -0.15) is 5.26 Å². The third-order valence-corrected chi connectivity index (χ3v) is 7.81. The summed E-state index contributed by atoms with van der Waals surface area (Å²) < 4.78 is 0. The minimum atomic E-state index is 0.376. The standard InChI is InChI=1S/C19H29N.C9H16N2.C2H6/c1-16(13-17-7-3-2-4-8-17)20(14-18-9-5-10-18)15-19-11-6-12-19;1-8(5-6-10)11-7-9-3-2-4-9;1-2/h2-4,7-8,16,18-19H,5-6,9-15H2,1H3;8-9,11H,2-5,7H2,1H3;1-2H3. The molecule has 3 aliphatic carbocycles. The number of nitriles is 1.